The fourth-order valence-electron chi connectivity index (χ4n) is 2.87. The van der Waals surface area contributed by atoms with E-state index >= 15 is 0 Å². The molecule has 0 spiro atoms. The van der Waals surface area contributed by atoms with Gasteiger partial charge in [-0.3, -0.25) is 4.79 Å². The van der Waals surface area contributed by atoms with Crippen LogP contribution in [0.3, 0.4) is 0 Å². The highest BCUT2D eigenvalue weighted by Gasteiger charge is 2.09. The summed E-state index contributed by atoms with van der Waals surface area (Å²) in [6.45, 7) is 7.36. The first-order valence-corrected chi connectivity index (χ1v) is 11.1. The molecular weight excluding hydrogens is 396 g/mol. The number of ether oxygens (including phenoxy) is 2. The molecule has 0 aliphatic heterocycles. The van der Waals surface area contributed by atoms with Crippen LogP contribution < -0.4 is 14.8 Å². The van der Waals surface area contributed by atoms with E-state index in [1.165, 1.54) is 11.3 Å². The number of thiazole rings is 1. The lowest BCUT2D eigenvalue weighted by Gasteiger charge is -2.09. The molecule has 158 valence electrons. The molecule has 3 rings (SSSR count). The van der Waals surface area contributed by atoms with Crippen LogP contribution >= 0.6 is 11.3 Å². The third kappa shape index (κ3) is 6.32. The largest absolute Gasteiger partial charge is 0.494 e. The molecule has 1 N–H and O–H groups in total. The van der Waals surface area contributed by atoms with Gasteiger partial charge in [0.2, 0.25) is 5.91 Å². The summed E-state index contributed by atoms with van der Waals surface area (Å²) in [5, 5.41) is 5.43. The highest BCUT2D eigenvalue weighted by molar-refractivity contribution is 7.14. The molecule has 0 fully saturated rings. The van der Waals surface area contributed by atoms with Crippen molar-refractivity contribution in [3.63, 3.8) is 0 Å². The zero-order valence-electron chi connectivity index (χ0n) is 17.7. The van der Waals surface area contributed by atoms with Crippen LogP contribution in [0.1, 0.15) is 37.3 Å². The molecule has 1 amide bonds. The van der Waals surface area contributed by atoms with Crippen molar-refractivity contribution in [1.29, 1.82) is 0 Å². The lowest BCUT2D eigenvalue weighted by atomic mass is 10.1. The van der Waals surface area contributed by atoms with Crippen LogP contribution in [0.4, 0.5) is 5.13 Å². The van der Waals surface area contributed by atoms with Gasteiger partial charge in [0.1, 0.15) is 11.5 Å². The van der Waals surface area contributed by atoms with Crippen LogP contribution in [0.15, 0.2) is 47.8 Å². The zero-order chi connectivity index (χ0) is 21.3. The normalized spacial score (nSPS) is 10.6. The SMILES string of the molecule is CCCOc1ccc(-c2csc(NC(=O)CCCOc3cc(C)ccc3C)n2)cc1. The monoisotopic (exact) mass is 424 g/mol. The topological polar surface area (TPSA) is 60.5 Å². The smallest absolute Gasteiger partial charge is 0.226 e. The van der Waals surface area contributed by atoms with Gasteiger partial charge >= 0.3 is 0 Å². The van der Waals surface area contributed by atoms with Crippen molar-refractivity contribution in [2.24, 2.45) is 0 Å². The minimum atomic E-state index is -0.0521. The molecule has 0 aliphatic carbocycles. The first kappa shape index (κ1) is 21.8. The third-order valence-corrected chi connectivity index (χ3v) is 5.28. The second-order valence-electron chi connectivity index (χ2n) is 7.18. The lowest BCUT2D eigenvalue weighted by Crippen LogP contribution is -2.12. The Morgan fingerprint density at radius 1 is 1.07 bits per heavy atom. The Morgan fingerprint density at radius 3 is 2.63 bits per heavy atom. The molecule has 1 aromatic heterocycles. The summed E-state index contributed by atoms with van der Waals surface area (Å²) in [7, 11) is 0. The van der Waals surface area contributed by atoms with E-state index < -0.39 is 0 Å². The molecule has 0 radical (unpaired) electrons. The number of aromatic nitrogens is 1. The van der Waals surface area contributed by atoms with Gasteiger partial charge in [-0.1, -0.05) is 19.1 Å². The minimum Gasteiger partial charge on any atom is -0.494 e. The van der Waals surface area contributed by atoms with Crippen molar-refractivity contribution >= 4 is 22.4 Å². The molecule has 0 aliphatic rings. The van der Waals surface area contributed by atoms with Gasteiger partial charge in [-0.2, -0.15) is 0 Å². The number of benzene rings is 2. The van der Waals surface area contributed by atoms with Gasteiger partial charge in [-0.05, 0) is 68.1 Å². The molecular formula is C24H28N2O3S. The summed E-state index contributed by atoms with van der Waals surface area (Å²) >= 11 is 1.42. The summed E-state index contributed by atoms with van der Waals surface area (Å²) in [6, 6.07) is 14.0. The van der Waals surface area contributed by atoms with E-state index in [4.69, 9.17) is 9.47 Å². The fraction of sp³-hybridized carbons (Fsp3) is 0.333. The Balaban J connectivity index is 1.45. The summed E-state index contributed by atoms with van der Waals surface area (Å²) < 4.78 is 11.4. The number of aryl methyl sites for hydroxylation is 2. The Bertz CT molecular complexity index is 967. The van der Waals surface area contributed by atoms with Gasteiger partial charge in [0.25, 0.3) is 0 Å². The van der Waals surface area contributed by atoms with Crippen LogP contribution in [-0.2, 0) is 4.79 Å². The van der Waals surface area contributed by atoms with E-state index in [0.717, 1.165) is 40.3 Å². The maximum Gasteiger partial charge on any atom is 0.226 e. The third-order valence-electron chi connectivity index (χ3n) is 4.52. The van der Waals surface area contributed by atoms with Crippen LogP contribution in [0.5, 0.6) is 11.5 Å². The van der Waals surface area contributed by atoms with Crippen molar-refractivity contribution in [2.45, 2.75) is 40.0 Å². The van der Waals surface area contributed by atoms with Gasteiger partial charge < -0.3 is 14.8 Å². The maximum absolute atomic E-state index is 12.2. The van der Waals surface area contributed by atoms with Crippen molar-refractivity contribution in [1.82, 2.24) is 4.98 Å². The summed E-state index contributed by atoms with van der Waals surface area (Å²) in [4.78, 5) is 16.7. The highest BCUT2D eigenvalue weighted by atomic mass is 32.1. The van der Waals surface area contributed by atoms with E-state index in [1.54, 1.807) is 0 Å². The van der Waals surface area contributed by atoms with Crippen molar-refractivity contribution in [3.05, 3.63) is 59.0 Å². The number of hydrogen-bond donors (Lipinski definition) is 1. The number of amides is 1. The van der Waals surface area contributed by atoms with Crippen molar-refractivity contribution in [2.75, 3.05) is 18.5 Å². The average molecular weight is 425 g/mol. The number of rotatable bonds is 10. The lowest BCUT2D eigenvalue weighted by molar-refractivity contribution is -0.116. The fourth-order valence-corrected chi connectivity index (χ4v) is 3.60. The van der Waals surface area contributed by atoms with Crippen LogP contribution in [0.25, 0.3) is 11.3 Å². The number of anilines is 1. The average Bonchev–Trinajstić information content (AvgIpc) is 3.20. The molecule has 0 atom stereocenters. The summed E-state index contributed by atoms with van der Waals surface area (Å²) in [5.74, 6) is 1.68. The Labute approximate surface area is 182 Å². The van der Waals surface area contributed by atoms with Gasteiger partial charge in [0.05, 0.1) is 18.9 Å². The Hall–Kier alpha value is -2.86. The van der Waals surface area contributed by atoms with E-state index in [9.17, 15) is 4.79 Å². The number of hydrogen-bond acceptors (Lipinski definition) is 5. The van der Waals surface area contributed by atoms with Gasteiger partial charge in [0, 0.05) is 17.4 Å². The van der Waals surface area contributed by atoms with Gasteiger partial charge in [-0.15, -0.1) is 11.3 Å². The second-order valence-corrected chi connectivity index (χ2v) is 8.04. The number of nitrogens with zero attached hydrogens (tertiary/aromatic N) is 1. The molecule has 3 aromatic rings. The van der Waals surface area contributed by atoms with Gasteiger partial charge in [-0.25, -0.2) is 4.98 Å². The van der Waals surface area contributed by atoms with Crippen LogP contribution in [0, 0.1) is 13.8 Å². The number of carbonyl (C=O) groups excluding carboxylic acids is 1. The number of carbonyl (C=O) groups is 1. The standard InChI is InChI=1S/C24H28N2O3S/c1-4-13-28-20-11-9-19(10-12-20)21-16-30-24(25-21)26-23(27)6-5-14-29-22-15-17(2)7-8-18(22)3/h7-12,15-16H,4-6,13-14H2,1-3H3,(H,25,26,27). The number of nitrogens with one attached hydrogen (secondary N) is 1. The van der Waals surface area contributed by atoms with E-state index in [2.05, 4.69) is 23.3 Å². The highest BCUT2D eigenvalue weighted by Crippen LogP contribution is 2.27. The Kier molecular flexibility index (Phi) is 7.85. The maximum atomic E-state index is 12.2. The molecule has 5 nitrogen and oxygen atoms in total. The minimum absolute atomic E-state index is 0.0521. The predicted octanol–water partition coefficient (Wildman–Crippen LogP) is 6.01. The van der Waals surface area contributed by atoms with Crippen molar-refractivity contribution in [3.8, 4) is 22.8 Å². The van der Waals surface area contributed by atoms with Gasteiger partial charge in [0.15, 0.2) is 5.13 Å². The zero-order valence-corrected chi connectivity index (χ0v) is 18.6. The quantitative estimate of drug-likeness (QED) is 0.405. The van der Waals surface area contributed by atoms with E-state index in [1.807, 2.05) is 55.6 Å². The molecule has 0 saturated carbocycles. The molecule has 6 heteroatoms. The first-order valence-electron chi connectivity index (χ1n) is 10.2. The van der Waals surface area contributed by atoms with Crippen molar-refractivity contribution < 1.29 is 14.3 Å². The Morgan fingerprint density at radius 2 is 1.87 bits per heavy atom. The molecule has 0 saturated heterocycles. The predicted molar refractivity (Wildman–Crippen MR) is 123 cm³/mol. The first-order chi connectivity index (χ1) is 14.5. The summed E-state index contributed by atoms with van der Waals surface area (Å²) in [6.07, 6.45) is 2.02. The molecule has 2 aromatic carbocycles. The van der Waals surface area contributed by atoms with Crippen LogP contribution in [0.2, 0.25) is 0 Å². The van der Waals surface area contributed by atoms with E-state index in [-0.39, 0.29) is 5.91 Å². The molecule has 0 bridgehead atoms. The second kappa shape index (κ2) is 10.8. The van der Waals surface area contributed by atoms with Crippen LogP contribution in [-0.4, -0.2) is 24.1 Å². The van der Waals surface area contributed by atoms with E-state index in [0.29, 0.717) is 31.2 Å². The molecule has 30 heavy (non-hydrogen) atoms. The molecule has 1 heterocycles. The molecule has 0 unspecified atom stereocenters. The summed E-state index contributed by atoms with van der Waals surface area (Å²) in [5.41, 5.74) is 4.11.